The fourth-order valence-electron chi connectivity index (χ4n) is 4.56. The van der Waals surface area contributed by atoms with Crippen LogP contribution in [0.3, 0.4) is 0 Å². The van der Waals surface area contributed by atoms with Gasteiger partial charge in [0.1, 0.15) is 34.7 Å². The van der Waals surface area contributed by atoms with Gasteiger partial charge in [0.2, 0.25) is 0 Å². The van der Waals surface area contributed by atoms with Crippen molar-refractivity contribution in [2.75, 3.05) is 18.4 Å². The molecule has 2 aromatic carbocycles. The van der Waals surface area contributed by atoms with E-state index in [-0.39, 0.29) is 12.0 Å². The van der Waals surface area contributed by atoms with Crippen LogP contribution in [-0.4, -0.2) is 45.8 Å². The molecule has 1 saturated heterocycles. The number of carbonyl (C=O) groups is 2. The molecule has 2 N–H and O–H groups in total. The van der Waals surface area contributed by atoms with Crippen LogP contribution in [0.5, 0.6) is 11.5 Å². The molecule has 2 amide bonds. The Morgan fingerprint density at radius 3 is 2.51 bits per heavy atom. The second kappa shape index (κ2) is 11.0. The monoisotopic (exact) mass is 519 g/mol. The van der Waals surface area contributed by atoms with E-state index in [0.29, 0.717) is 49.7 Å². The van der Waals surface area contributed by atoms with Crippen molar-refractivity contribution in [3.8, 4) is 11.5 Å². The molecule has 2 aromatic heterocycles. The number of benzene rings is 2. The van der Waals surface area contributed by atoms with Crippen molar-refractivity contribution < 1.29 is 24.2 Å². The molecule has 8 nitrogen and oxygen atoms in total. The van der Waals surface area contributed by atoms with Gasteiger partial charge in [0.25, 0.3) is 5.91 Å². The average molecular weight is 520 g/mol. The lowest BCUT2D eigenvalue weighted by Crippen LogP contribution is -2.41. The summed E-state index contributed by atoms with van der Waals surface area (Å²) in [7, 11) is 0. The number of fused-ring (bicyclic) bond motifs is 1. The maximum atomic E-state index is 13.1. The summed E-state index contributed by atoms with van der Waals surface area (Å²) in [6.45, 7) is 4.03. The molecule has 0 bridgehead atoms. The minimum atomic E-state index is -0.878. The summed E-state index contributed by atoms with van der Waals surface area (Å²) >= 11 is 1.63. The molecule has 0 aliphatic carbocycles. The molecule has 0 radical (unpaired) electrons. The number of nitrogens with one attached hydrogen (secondary N) is 1. The number of anilines is 1. The number of piperidine rings is 1. The van der Waals surface area contributed by atoms with E-state index in [9.17, 15) is 9.59 Å². The Morgan fingerprint density at radius 1 is 1.05 bits per heavy atom. The Kier molecular flexibility index (Phi) is 7.32. The Morgan fingerprint density at radius 2 is 1.78 bits per heavy atom. The zero-order valence-corrected chi connectivity index (χ0v) is 21.4. The van der Waals surface area contributed by atoms with E-state index in [1.54, 1.807) is 11.3 Å². The van der Waals surface area contributed by atoms with Gasteiger partial charge in [0.05, 0.1) is 0 Å². The summed E-state index contributed by atoms with van der Waals surface area (Å²) in [5.41, 5.74) is 2.23. The molecule has 0 saturated carbocycles. The molecule has 192 valence electrons. The number of nitrogens with zero attached hydrogens (tertiary/aromatic N) is 2. The quantitative estimate of drug-likeness (QED) is 0.295. The second-order valence-corrected chi connectivity index (χ2v) is 9.81. The number of amides is 2. The number of hydrogen-bond donors (Lipinski definition) is 2. The van der Waals surface area contributed by atoms with Gasteiger partial charge in [0, 0.05) is 49.1 Å². The van der Waals surface area contributed by atoms with Crippen LogP contribution < -0.4 is 14.8 Å². The topological polar surface area (TPSA) is 93.0 Å². The smallest absolute Gasteiger partial charge is 0.407 e. The maximum absolute atomic E-state index is 13.1. The third-order valence-electron chi connectivity index (χ3n) is 6.55. The standard InChI is InChI=1S/C28H29N3O5S/c1-2-31-25(17-19-13-16-37-27(19)31)26(32)29-24-6-4-3-5-20(24)18-35-21-7-9-22(10-8-21)36-23-11-14-30(15-12-23)28(33)34/h3-10,13,16-17,23H,2,11-12,14-15,18H2,1H3,(H,29,32)(H,33,34). The van der Waals surface area contributed by atoms with Crippen molar-refractivity contribution in [2.24, 2.45) is 0 Å². The zero-order chi connectivity index (χ0) is 25.8. The van der Waals surface area contributed by atoms with E-state index < -0.39 is 6.09 Å². The molecule has 1 aliphatic heterocycles. The third-order valence-corrected chi connectivity index (χ3v) is 7.50. The number of thiophene rings is 1. The molecule has 4 aromatic rings. The molecule has 0 spiro atoms. The van der Waals surface area contributed by atoms with Crippen LogP contribution in [0.25, 0.3) is 10.2 Å². The molecule has 37 heavy (non-hydrogen) atoms. The fraction of sp³-hybridized carbons (Fsp3) is 0.286. The van der Waals surface area contributed by atoms with Crippen LogP contribution in [0.1, 0.15) is 35.8 Å². The number of hydrogen-bond acceptors (Lipinski definition) is 5. The van der Waals surface area contributed by atoms with Crippen LogP contribution in [-0.2, 0) is 13.2 Å². The molecule has 0 atom stereocenters. The Balaban J connectivity index is 1.19. The van der Waals surface area contributed by atoms with Gasteiger partial charge < -0.3 is 29.4 Å². The molecule has 3 heterocycles. The van der Waals surface area contributed by atoms with Gasteiger partial charge in [-0.25, -0.2) is 4.79 Å². The van der Waals surface area contributed by atoms with Gasteiger partial charge in [0.15, 0.2) is 0 Å². The molecule has 1 aliphatic rings. The third kappa shape index (κ3) is 5.56. The minimum Gasteiger partial charge on any atom is -0.490 e. The SMILES string of the molecule is CCn1c(C(=O)Nc2ccccc2COc2ccc(OC3CCN(C(=O)O)CC3)cc2)cc2ccsc21. The molecule has 1 fully saturated rings. The van der Waals surface area contributed by atoms with E-state index in [0.717, 1.165) is 28.1 Å². The Labute approximate surface area is 219 Å². The lowest BCUT2D eigenvalue weighted by Gasteiger charge is -2.30. The Hall–Kier alpha value is -3.98. The van der Waals surface area contributed by atoms with Crippen LogP contribution in [0, 0.1) is 0 Å². The second-order valence-electron chi connectivity index (χ2n) is 8.91. The highest BCUT2D eigenvalue weighted by atomic mass is 32.1. The number of para-hydroxylation sites is 1. The summed E-state index contributed by atoms with van der Waals surface area (Å²) in [6, 6.07) is 19.0. The molecule has 9 heteroatoms. The highest BCUT2D eigenvalue weighted by molar-refractivity contribution is 7.16. The average Bonchev–Trinajstić information content (AvgIpc) is 3.51. The lowest BCUT2D eigenvalue weighted by molar-refractivity contribution is 0.0893. The van der Waals surface area contributed by atoms with Gasteiger partial charge in [-0.2, -0.15) is 0 Å². The van der Waals surface area contributed by atoms with Crippen LogP contribution >= 0.6 is 11.3 Å². The first-order valence-corrected chi connectivity index (χ1v) is 13.2. The highest BCUT2D eigenvalue weighted by Gasteiger charge is 2.23. The maximum Gasteiger partial charge on any atom is 0.407 e. The number of rotatable bonds is 8. The Bertz CT molecular complexity index is 1390. The number of carbonyl (C=O) groups excluding carboxylic acids is 1. The van der Waals surface area contributed by atoms with Gasteiger partial charge in [-0.1, -0.05) is 18.2 Å². The van der Waals surface area contributed by atoms with Crippen molar-refractivity contribution in [2.45, 2.75) is 39.0 Å². The summed E-state index contributed by atoms with van der Waals surface area (Å²) < 4.78 is 14.1. The molecular formula is C28H29N3O5S. The van der Waals surface area contributed by atoms with Gasteiger partial charge >= 0.3 is 6.09 Å². The van der Waals surface area contributed by atoms with E-state index in [1.807, 2.05) is 77.5 Å². The number of aromatic nitrogens is 1. The van der Waals surface area contributed by atoms with Crippen LogP contribution in [0.2, 0.25) is 0 Å². The molecule has 0 unspecified atom stereocenters. The normalized spacial score (nSPS) is 14.0. The van der Waals surface area contributed by atoms with E-state index >= 15 is 0 Å². The number of likely N-dealkylation sites (tertiary alicyclic amines) is 1. The molecule has 5 rings (SSSR count). The van der Waals surface area contributed by atoms with Crippen molar-refractivity contribution in [3.05, 3.63) is 77.3 Å². The molecular weight excluding hydrogens is 490 g/mol. The fourth-order valence-corrected chi connectivity index (χ4v) is 5.53. The van der Waals surface area contributed by atoms with Crippen molar-refractivity contribution >= 4 is 39.2 Å². The van der Waals surface area contributed by atoms with Crippen molar-refractivity contribution in [1.82, 2.24) is 9.47 Å². The van der Waals surface area contributed by atoms with Crippen LogP contribution in [0.4, 0.5) is 10.5 Å². The first-order chi connectivity index (χ1) is 18.0. The summed E-state index contributed by atoms with van der Waals surface area (Å²) in [6.07, 6.45) is 0.474. The summed E-state index contributed by atoms with van der Waals surface area (Å²) in [5, 5.41) is 15.3. The highest BCUT2D eigenvalue weighted by Crippen LogP contribution is 2.27. The van der Waals surface area contributed by atoms with Crippen molar-refractivity contribution in [3.63, 3.8) is 0 Å². The van der Waals surface area contributed by atoms with E-state index in [2.05, 4.69) is 5.32 Å². The summed E-state index contributed by atoms with van der Waals surface area (Å²) in [5.74, 6) is 1.27. The van der Waals surface area contributed by atoms with Crippen LogP contribution in [0.15, 0.2) is 66.0 Å². The predicted octanol–water partition coefficient (Wildman–Crippen LogP) is 6.08. The zero-order valence-electron chi connectivity index (χ0n) is 20.6. The largest absolute Gasteiger partial charge is 0.490 e. The minimum absolute atomic E-state index is 0.00228. The first kappa shape index (κ1) is 24.7. The number of ether oxygens (including phenoxy) is 2. The number of carboxylic acid groups (broad SMARTS) is 1. The van der Waals surface area contributed by atoms with Gasteiger partial charge in [-0.05, 0) is 54.8 Å². The van der Waals surface area contributed by atoms with E-state index in [4.69, 9.17) is 14.6 Å². The van der Waals surface area contributed by atoms with E-state index in [1.165, 1.54) is 4.90 Å². The lowest BCUT2D eigenvalue weighted by atomic mass is 10.1. The summed E-state index contributed by atoms with van der Waals surface area (Å²) in [4.78, 5) is 26.7. The predicted molar refractivity (Wildman–Crippen MR) is 144 cm³/mol. The van der Waals surface area contributed by atoms with Crippen molar-refractivity contribution in [1.29, 1.82) is 0 Å². The number of aryl methyl sites for hydroxylation is 1. The van der Waals surface area contributed by atoms with Gasteiger partial charge in [-0.3, -0.25) is 4.79 Å². The van der Waals surface area contributed by atoms with Gasteiger partial charge in [-0.15, -0.1) is 11.3 Å². The first-order valence-electron chi connectivity index (χ1n) is 12.3.